The molecule has 1 saturated heterocycles. The number of fused-ring (bicyclic) bond motifs is 1. The number of nitrogens with zero attached hydrogens (tertiary/aromatic N) is 4. The van der Waals surface area contributed by atoms with Crippen LogP contribution < -0.4 is 14.4 Å². The van der Waals surface area contributed by atoms with E-state index in [4.69, 9.17) is 4.74 Å². The van der Waals surface area contributed by atoms with Gasteiger partial charge in [-0.3, -0.25) is 9.10 Å². The van der Waals surface area contributed by atoms with Gasteiger partial charge in [0.2, 0.25) is 15.9 Å². The molecule has 9 nitrogen and oxygen atoms in total. The van der Waals surface area contributed by atoms with E-state index in [2.05, 4.69) is 15.4 Å². The van der Waals surface area contributed by atoms with Gasteiger partial charge in [0.1, 0.15) is 0 Å². The molecule has 4 rings (SSSR count). The summed E-state index contributed by atoms with van der Waals surface area (Å²) in [5.74, 6) is 0.190. The Balaban J connectivity index is 1.42. The number of hydrogen-bond donors (Lipinski definition) is 1. The predicted octanol–water partition coefficient (Wildman–Crippen LogP) is 2.14. The maximum atomic E-state index is 12.3. The van der Waals surface area contributed by atoms with Crippen LogP contribution in [0.3, 0.4) is 0 Å². The minimum atomic E-state index is -3.23. The SMILES string of the molecule is Cc1cc(C)c2c(OCC(=O)Nc3ccc(N4CCCS4(=O)=O)cc3)nn(C)c2n1. The Morgan fingerprint density at radius 3 is 2.63 bits per heavy atom. The van der Waals surface area contributed by atoms with Gasteiger partial charge >= 0.3 is 0 Å². The fourth-order valence-electron chi connectivity index (χ4n) is 3.62. The summed E-state index contributed by atoms with van der Waals surface area (Å²) in [4.78, 5) is 16.8. The Morgan fingerprint density at radius 1 is 1.23 bits per heavy atom. The number of nitrogens with one attached hydrogen (secondary N) is 1. The molecule has 1 aromatic carbocycles. The zero-order valence-corrected chi connectivity index (χ0v) is 17.9. The highest BCUT2D eigenvalue weighted by atomic mass is 32.2. The van der Waals surface area contributed by atoms with E-state index >= 15 is 0 Å². The summed E-state index contributed by atoms with van der Waals surface area (Å²) in [6, 6.07) is 8.66. The molecular weight excluding hydrogens is 406 g/mol. The minimum Gasteiger partial charge on any atom is -0.466 e. The van der Waals surface area contributed by atoms with Crippen molar-refractivity contribution in [1.82, 2.24) is 14.8 Å². The summed E-state index contributed by atoms with van der Waals surface area (Å²) in [7, 11) is -1.44. The molecule has 0 saturated carbocycles. The number of aromatic nitrogens is 3. The molecule has 1 N–H and O–H groups in total. The molecule has 0 atom stereocenters. The van der Waals surface area contributed by atoms with Gasteiger partial charge < -0.3 is 10.1 Å². The second-order valence-corrected chi connectivity index (χ2v) is 9.35. The lowest BCUT2D eigenvalue weighted by Gasteiger charge is -2.17. The smallest absolute Gasteiger partial charge is 0.262 e. The first-order valence-corrected chi connectivity index (χ1v) is 11.2. The lowest BCUT2D eigenvalue weighted by molar-refractivity contribution is -0.118. The number of carbonyl (C=O) groups is 1. The monoisotopic (exact) mass is 429 g/mol. The molecule has 30 heavy (non-hydrogen) atoms. The second kappa shape index (κ2) is 7.60. The van der Waals surface area contributed by atoms with Crippen LogP contribution in [0.4, 0.5) is 11.4 Å². The number of ether oxygens (including phenoxy) is 1. The molecule has 1 aliphatic heterocycles. The largest absolute Gasteiger partial charge is 0.466 e. The van der Waals surface area contributed by atoms with Gasteiger partial charge in [0.05, 0.1) is 16.8 Å². The van der Waals surface area contributed by atoms with Crippen molar-refractivity contribution in [2.45, 2.75) is 20.3 Å². The van der Waals surface area contributed by atoms with Gasteiger partial charge in [-0.2, -0.15) is 0 Å². The van der Waals surface area contributed by atoms with Crippen molar-refractivity contribution in [3.63, 3.8) is 0 Å². The lowest BCUT2D eigenvalue weighted by Crippen LogP contribution is -2.25. The van der Waals surface area contributed by atoms with Crippen molar-refractivity contribution in [2.24, 2.45) is 7.05 Å². The highest BCUT2D eigenvalue weighted by molar-refractivity contribution is 7.93. The highest BCUT2D eigenvalue weighted by Crippen LogP contribution is 2.27. The van der Waals surface area contributed by atoms with Gasteiger partial charge in [-0.05, 0) is 56.2 Å². The van der Waals surface area contributed by atoms with Gasteiger partial charge in [-0.25, -0.2) is 18.1 Å². The number of amides is 1. The fourth-order valence-corrected chi connectivity index (χ4v) is 5.19. The van der Waals surface area contributed by atoms with Gasteiger partial charge in [-0.15, -0.1) is 5.10 Å². The normalized spacial score (nSPS) is 15.5. The van der Waals surface area contributed by atoms with Crippen LogP contribution in [0, 0.1) is 13.8 Å². The molecule has 3 aromatic rings. The number of aryl methyl sites for hydroxylation is 3. The van der Waals surface area contributed by atoms with Crippen molar-refractivity contribution in [1.29, 1.82) is 0 Å². The molecule has 1 amide bonds. The second-order valence-electron chi connectivity index (χ2n) is 7.33. The standard InChI is InChI=1S/C20H23N5O4S/c1-13-11-14(2)21-19-18(13)20(23-24(19)3)29-12-17(26)22-15-5-7-16(8-6-15)25-9-4-10-30(25,27)28/h5-8,11H,4,9-10,12H2,1-3H3,(H,22,26). The Bertz CT molecular complexity index is 1220. The van der Waals surface area contributed by atoms with Crippen molar-refractivity contribution in [3.8, 4) is 5.88 Å². The topological polar surface area (TPSA) is 106 Å². The van der Waals surface area contributed by atoms with E-state index < -0.39 is 10.0 Å². The van der Waals surface area contributed by atoms with Crippen LogP contribution in [0.25, 0.3) is 11.0 Å². The third-order valence-electron chi connectivity index (χ3n) is 4.97. The first-order valence-electron chi connectivity index (χ1n) is 9.59. The van der Waals surface area contributed by atoms with E-state index in [9.17, 15) is 13.2 Å². The summed E-state index contributed by atoms with van der Waals surface area (Å²) in [6.45, 7) is 4.14. The zero-order chi connectivity index (χ0) is 21.5. The Labute approximate surface area is 174 Å². The molecule has 1 fully saturated rings. The molecule has 0 aliphatic carbocycles. The summed E-state index contributed by atoms with van der Waals surface area (Å²) in [5.41, 5.74) is 3.73. The molecule has 0 bridgehead atoms. The van der Waals surface area contributed by atoms with Gasteiger partial charge in [0, 0.05) is 25.0 Å². The maximum Gasteiger partial charge on any atom is 0.262 e. The number of hydrogen-bond acceptors (Lipinski definition) is 6. The summed E-state index contributed by atoms with van der Waals surface area (Å²) in [6.07, 6.45) is 0.620. The molecule has 0 spiro atoms. The van der Waals surface area contributed by atoms with Crippen LogP contribution in [-0.4, -0.2) is 48.0 Å². The maximum absolute atomic E-state index is 12.3. The molecule has 0 radical (unpaired) electrons. The number of anilines is 2. The first kappa shape index (κ1) is 20.1. The Morgan fingerprint density at radius 2 is 1.97 bits per heavy atom. The molecular formula is C20H23N5O4S. The van der Waals surface area contributed by atoms with Crippen molar-refractivity contribution < 1.29 is 17.9 Å². The average molecular weight is 430 g/mol. The molecule has 1 aliphatic rings. The van der Waals surface area contributed by atoms with E-state index in [1.165, 1.54) is 4.31 Å². The average Bonchev–Trinajstić information content (AvgIpc) is 3.20. The zero-order valence-electron chi connectivity index (χ0n) is 17.0. The number of sulfonamides is 1. The molecule has 0 unspecified atom stereocenters. The van der Waals surface area contributed by atoms with Crippen molar-refractivity contribution >= 4 is 38.3 Å². The molecule has 3 heterocycles. The summed E-state index contributed by atoms with van der Waals surface area (Å²) in [5, 5.41) is 7.86. The van der Waals surface area contributed by atoms with Crippen molar-refractivity contribution in [2.75, 3.05) is 28.5 Å². The van der Waals surface area contributed by atoms with Crippen LogP contribution in [-0.2, 0) is 21.9 Å². The molecule has 10 heteroatoms. The molecule has 158 valence electrons. The highest BCUT2D eigenvalue weighted by Gasteiger charge is 2.28. The quantitative estimate of drug-likeness (QED) is 0.666. The Kier molecular flexibility index (Phi) is 5.10. The van der Waals surface area contributed by atoms with E-state index in [-0.39, 0.29) is 18.3 Å². The van der Waals surface area contributed by atoms with Crippen LogP contribution in [0.15, 0.2) is 30.3 Å². The van der Waals surface area contributed by atoms with E-state index in [1.807, 2.05) is 19.9 Å². The van der Waals surface area contributed by atoms with Gasteiger partial charge in [0.25, 0.3) is 5.91 Å². The van der Waals surface area contributed by atoms with E-state index in [0.717, 1.165) is 16.6 Å². The lowest BCUT2D eigenvalue weighted by atomic mass is 10.2. The summed E-state index contributed by atoms with van der Waals surface area (Å²) < 4.78 is 32.7. The summed E-state index contributed by atoms with van der Waals surface area (Å²) >= 11 is 0. The first-order chi connectivity index (χ1) is 14.2. The third-order valence-corrected chi connectivity index (χ3v) is 6.83. The van der Waals surface area contributed by atoms with Crippen LogP contribution in [0.2, 0.25) is 0 Å². The van der Waals surface area contributed by atoms with E-state index in [0.29, 0.717) is 35.9 Å². The number of carbonyl (C=O) groups excluding carboxylic acids is 1. The number of rotatable bonds is 5. The molecule has 2 aromatic heterocycles. The van der Waals surface area contributed by atoms with Crippen LogP contribution >= 0.6 is 0 Å². The van der Waals surface area contributed by atoms with Gasteiger partial charge in [0.15, 0.2) is 12.3 Å². The van der Waals surface area contributed by atoms with Crippen LogP contribution in [0.5, 0.6) is 5.88 Å². The number of benzene rings is 1. The number of pyridine rings is 1. The Hall–Kier alpha value is -3.14. The minimum absolute atomic E-state index is 0.166. The fraction of sp³-hybridized carbons (Fsp3) is 0.350. The van der Waals surface area contributed by atoms with Gasteiger partial charge in [-0.1, -0.05) is 0 Å². The van der Waals surface area contributed by atoms with E-state index in [1.54, 1.807) is 36.0 Å². The predicted molar refractivity (Wildman–Crippen MR) is 114 cm³/mol. The third kappa shape index (κ3) is 3.82. The van der Waals surface area contributed by atoms with Crippen LogP contribution in [0.1, 0.15) is 17.7 Å². The van der Waals surface area contributed by atoms with Crippen molar-refractivity contribution in [3.05, 3.63) is 41.6 Å².